The van der Waals surface area contributed by atoms with Gasteiger partial charge in [-0.05, 0) is 31.4 Å². The first-order chi connectivity index (χ1) is 7.76. The Kier molecular flexibility index (Phi) is 3.08. The van der Waals surface area contributed by atoms with Gasteiger partial charge < -0.3 is 9.64 Å². The molecule has 1 aliphatic rings. The van der Waals surface area contributed by atoms with Crippen molar-refractivity contribution in [3.8, 4) is 5.88 Å². The monoisotopic (exact) mass is 220 g/mol. The number of hydrogen-bond acceptors (Lipinski definition) is 3. The summed E-state index contributed by atoms with van der Waals surface area (Å²) in [5, 5.41) is 0. The number of nitrogens with zero attached hydrogens (tertiary/aromatic N) is 2. The number of rotatable bonds is 3. The van der Waals surface area contributed by atoms with Crippen LogP contribution in [0.5, 0.6) is 5.88 Å². The van der Waals surface area contributed by atoms with Gasteiger partial charge in [-0.1, -0.05) is 0 Å². The summed E-state index contributed by atoms with van der Waals surface area (Å²) < 4.78 is 5.07. The molecule has 2 rings (SSSR count). The summed E-state index contributed by atoms with van der Waals surface area (Å²) in [5.74, 6) is 0.622. The number of carbonyl (C=O) groups is 1. The summed E-state index contributed by atoms with van der Waals surface area (Å²) >= 11 is 0. The molecule has 1 aliphatic heterocycles. The van der Waals surface area contributed by atoms with Gasteiger partial charge in [0, 0.05) is 18.3 Å². The highest BCUT2D eigenvalue weighted by atomic mass is 16.5. The number of methoxy groups -OCH3 is 1. The fourth-order valence-electron chi connectivity index (χ4n) is 2.26. The molecule has 0 saturated carbocycles. The van der Waals surface area contributed by atoms with Crippen molar-refractivity contribution in [1.82, 2.24) is 9.88 Å². The predicted molar refractivity (Wildman–Crippen MR) is 60.3 cm³/mol. The zero-order chi connectivity index (χ0) is 11.5. The molecule has 0 spiro atoms. The highest BCUT2D eigenvalue weighted by Gasteiger charge is 2.26. The van der Waals surface area contributed by atoms with E-state index in [9.17, 15) is 4.79 Å². The lowest BCUT2D eigenvalue weighted by Crippen LogP contribution is -2.22. The minimum Gasteiger partial charge on any atom is -0.481 e. The van der Waals surface area contributed by atoms with E-state index in [4.69, 9.17) is 4.74 Å². The summed E-state index contributed by atoms with van der Waals surface area (Å²) in [6, 6.07) is 4.05. The van der Waals surface area contributed by atoms with Gasteiger partial charge in [-0.15, -0.1) is 0 Å². The molecular weight excluding hydrogens is 204 g/mol. The summed E-state index contributed by atoms with van der Waals surface area (Å²) in [5.41, 5.74) is 2.07. The van der Waals surface area contributed by atoms with Crippen LogP contribution in [0.2, 0.25) is 0 Å². The molecule has 0 radical (unpaired) electrons. The number of aryl methyl sites for hydroxylation is 1. The lowest BCUT2D eigenvalue weighted by molar-refractivity contribution is -0.118. The number of hydrogen-bond donors (Lipinski definition) is 0. The largest absolute Gasteiger partial charge is 0.481 e. The highest BCUT2D eigenvalue weighted by Crippen LogP contribution is 2.32. The molecule has 0 N–H and O–H groups in total. The normalized spacial score (nSPS) is 19.9. The highest BCUT2D eigenvalue weighted by molar-refractivity contribution is 5.50. The zero-order valence-corrected chi connectivity index (χ0v) is 9.64. The van der Waals surface area contributed by atoms with E-state index in [1.165, 1.54) is 0 Å². The molecule has 1 fully saturated rings. The van der Waals surface area contributed by atoms with Crippen LogP contribution in [-0.2, 0) is 4.79 Å². The minimum absolute atomic E-state index is 0.191. The van der Waals surface area contributed by atoms with Crippen molar-refractivity contribution in [3.63, 3.8) is 0 Å². The van der Waals surface area contributed by atoms with E-state index in [1.807, 2.05) is 24.0 Å². The number of likely N-dealkylation sites (tertiary alicyclic amines) is 1. The Morgan fingerprint density at radius 1 is 1.56 bits per heavy atom. The molecule has 1 saturated heterocycles. The Labute approximate surface area is 95.2 Å². The van der Waals surface area contributed by atoms with Gasteiger partial charge in [0.05, 0.1) is 13.2 Å². The molecule has 1 atom stereocenters. The Balaban J connectivity index is 2.29. The van der Waals surface area contributed by atoms with E-state index in [1.54, 1.807) is 7.11 Å². The van der Waals surface area contributed by atoms with Gasteiger partial charge in [0.2, 0.25) is 12.3 Å². The number of aromatic nitrogens is 1. The maximum absolute atomic E-state index is 10.9. The molecule has 1 aromatic rings. The molecule has 0 aromatic carbocycles. The van der Waals surface area contributed by atoms with Gasteiger partial charge in [0.15, 0.2) is 0 Å². The van der Waals surface area contributed by atoms with Crippen molar-refractivity contribution in [2.45, 2.75) is 25.8 Å². The van der Waals surface area contributed by atoms with Crippen LogP contribution in [0.15, 0.2) is 12.1 Å². The second-order valence-corrected chi connectivity index (χ2v) is 4.03. The molecule has 0 bridgehead atoms. The molecule has 4 nitrogen and oxygen atoms in total. The number of carbonyl (C=O) groups excluding carboxylic acids is 1. The molecule has 4 heteroatoms. The van der Waals surface area contributed by atoms with Gasteiger partial charge >= 0.3 is 0 Å². The van der Waals surface area contributed by atoms with Crippen LogP contribution in [0.25, 0.3) is 0 Å². The fraction of sp³-hybridized carbons (Fsp3) is 0.500. The average molecular weight is 220 g/mol. The zero-order valence-electron chi connectivity index (χ0n) is 9.64. The smallest absolute Gasteiger partial charge is 0.213 e. The van der Waals surface area contributed by atoms with E-state index < -0.39 is 0 Å². The second kappa shape index (κ2) is 4.51. The Bertz CT molecular complexity index is 393. The number of pyridine rings is 1. The van der Waals surface area contributed by atoms with E-state index in [2.05, 4.69) is 4.98 Å². The van der Waals surface area contributed by atoms with Crippen LogP contribution in [0.4, 0.5) is 0 Å². The van der Waals surface area contributed by atoms with E-state index in [0.717, 1.165) is 37.1 Å². The molecule has 16 heavy (non-hydrogen) atoms. The van der Waals surface area contributed by atoms with Crippen LogP contribution < -0.4 is 4.74 Å². The first-order valence-corrected chi connectivity index (χ1v) is 5.49. The van der Waals surface area contributed by atoms with Crippen LogP contribution >= 0.6 is 0 Å². The third-order valence-electron chi connectivity index (χ3n) is 3.10. The van der Waals surface area contributed by atoms with Crippen LogP contribution in [0.3, 0.4) is 0 Å². The average Bonchev–Trinajstić information content (AvgIpc) is 2.76. The van der Waals surface area contributed by atoms with E-state index in [-0.39, 0.29) is 6.04 Å². The van der Waals surface area contributed by atoms with Gasteiger partial charge in [-0.2, -0.15) is 0 Å². The van der Waals surface area contributed by atoms with Crippen molar-refractivity contribution in [2.75, 3.05) is 13.7 Å². The number of ether oxygens (including phenoxy) is 1. The van der Waals surface area contributed by atoms with E-state index >= 15 is 0 Å². The fourth-order valence-corrected chi connectivity index (χ4v) is 2.26. The molecule has 86 valence electrons. The van der Waals surface area contributed by atoms with Crippen molar-refractivity contribution in [2.24, 2.45) is 0 Å². The maximum Gasteiger partial charge on any atom is 0.213 e. The molecule has 2 heterocycles. The SMILES string of the molecule is COc1ccc([C@@H]2CCCN2C=O)c(C)n1. The van der Waals surface area contributed by atoms with Crippen LogP contribution in [0.1, 0.15) is 30.1 Å². The first kappa shape index (κ1) is 10.9. The number of amides is 1. The third kappa shape index (κ3) is 1.87. The standard InChI is InChI=1S/C12H16N2O2/c1-9-10(5-6-12(13-9)16-2)11-4-3-7-14(11)8-15/h5-6,8,11H,3-4,7H2,1-2H3/t11-/m0/s1. The molecule has 0 unspecified atom stereocenters. The van der Waals surface area contributed by atoms with Gasteiger partial charge in [-0.25, -0.2) is 4.98 Å². The minimum atomic E-state index is 0.191. The van der Waals surface area contributed by atoms with Gasteiger partial charge in [0.25, 0.3) is 0 Å². The quantitative estimate of drug-likeness (QED) is 0.728. The predicted octanol–water partition coefficient (Wildman–Crippen LogP) is 1.69. The van der Waals surface area contributed by atoms with Crippen molar-refractivity contribution >= 4 is 6.41 Å². The maximum atomic E-state index is 10.9. The Morgan fingerprint density at radius 2 is 2.38 bits per heavy atom. The van der Waals surface area contributed by atoms with Crippen LogP contribution in [-0.4, -0.2) is 29.9 Å². The topological polar surface area (TPSA) is 42.4 Å². The van der Waals surface area contributed by atoms with E-state index in [0.29, 0.717) is 5.88 Å². The van der Waals surface area contributed by atoms with Gasteiger partial charge in [-0.3, -0.25) is 4.79 Å². The van der Waals surface area contributed by atoms with Crippen molar-refractivity contribution < 1.29 is 9.53 Å². The van der Waals surface area contributed by atoms with Gasteiger partial charge in [0.1, 0.15) is 0 Å². The summed E-state index contributed by atoms with van der Waals surface area (Å²) in [4.78, 5) is 17.1. The van der Waals surface area contributed by atoms with Crippen LogP contribution in [0, 0.1) is 6.92 Å². The molecule has 1 aromatic heterocycles. The lowest BCUT2D eigenvalue weighted by atomic mass is 10.0. The molecular formula is C12H16N2O2. The summed E-state index contributed by atoms with van der Waals surface area (Å²) in [6.07, 6.45) is 3.02. The molecule has 0 aliphatic carbocycles. The second-order valence-electron chi connectivity index (χ2n) is 4.03. The third-order valence-corrected chi connectivity index (χ3v) is 3.10. The summed E-state index contributed by atoms with van der Waals surface area (Å²) in [7, 11) is 1.61. The van der Waals surface area contributed by atoms with Crippen molar-refractivity contribution in [1.29, 1.82) is 0 Å². The Hall–Kier alpha value is -1.58. The lowest BCUT2D eigenvalue weighted by Gasteiger charge is -2.21. The van der Waals surface area contributed by atoms with Crippen molar-refractivity contribution in [3.05, 3.63) is 23.4 Å². The Morgan fingerprint density at radius 3 is 3.00 bits per heavy atom. The summed E-state index contributed by atoms with van der Waals surface area (Å²) in [6.45, 7) is 2.80. The first-order valence-electron chi connectivity index (χ1n) is 5.49. The molecule has 1 amide bonds.